The lowest BCUT2D eigenvalue weighted by molar-refractivity contribution is 0.303. The number of rotatable bonds is 8. The number of anilines is 4. The second-order valence-electron chi connectivity index (χ2n) is 10.1. The van der Waals surface area contributed by atoms with Gasteiger partial charge in [0.2, 0.25) is 5.95 Å². The smallest absolute Gasteiger partial charge is 0.274 e. The maximum absolute atomic E-state index is 13.5. The summed E-state index contributed by atoms with van der Waals surface area (Å²) in [7, 11) is -1.47. The molecule has 1 aliphatic carbocycles. The highest BCUT2D eigenvalue weighted by Gasteiger charge is 2.27. The van der Waals surface area contributed by atoms with E-state index in [0.717, 1.165) is 50.2 Å². The molecule has 3 aromatic rings. The Balaban J connectivity index is 1.48. The molecule has 9 nitrogen and oxygen atoms in total. The van der Waals surface area contributed by atoms with Crippen LogP contribution in [-0.4, -0.2) is 46.7 Å². The summed E-state index contributed by atoms with van der Waals surface area (Å²) in [4.78, 5) is 24.6. The molecule has 2 aromatic heterocycles. The third-order valence-corrected chi connectivity index (χ3v) is 9.34. The largest absolute Gasteiger partial charge is 0.338 e. The van der Waals surface area contributed by atoms with Gasteiger partial charge in [-0.25, -0.2) is 13.4 Å². The first-order chi connectivity index (χ1) is 17.6. The molecule has 11 heteroatoms. The van der Waals surface area contributed by atoms with Crippen molar-refractivity contribution in [2.24, 2.45) is 5.92 Å². The standard InChI is InChI=1S/C26H31ClN6O3S/c1-16(2)37(35,36)23-7-5-4-6-20(23)29-24-19(27)13-28-26(31-24)30-21-12-18-15-32(3)11-10-22(18)33(25(21)34)14-17-8-9-17/h4-7,12-13,16-17H,8-11,14-15H2,1-3H3,(H2,28,29,30,31). The van der Waals surface area contributed by atoms with Gasteiger partial charge in [-0.2, -0.15) is 4.98 Å². The molecule has 0 bridgehead atoms. The molecule has 37 heavy (non-hydrogen) atoms. The monoisotopic (exact) mass is 542 g/mol. The lowest BCUT2D eigenvalue weighted by Gasteiger charge is -2.28. The fraction of sp³-hybridized carbons (Fsp3) is 0.423. The number of halogens is 1. The lowest BCUT2D eigenvalue weighted by atomic mass is 10.0. The molecule has 1 fully saturated rings. The molecule has 5 rings (SSSR count). The number of hydrogen-bond donors (Lipinski definition) is 2. The Morgan fingerprint density at radius 3 is 2.65 bits per heavy atom. The van der Waals surface area contributed by atoms with Crippen LogP contribution in [0, 0.1) is 5.92 Å². The molecule has 0 unspecified atom stereocenters. The summed E-state index contributed by atoms with van der Waals surface area (Å²) in [5.74, 6) is 0.985. The minimum atomic E-state index is -3.54. The van der Waals surface area contributed by atoms with Crippen LogP contribution >= 0.6 is 11.6 Å². The summed E-state index contributed by atoms with van der Waals surface area (Å²) >= 11 is 6.37. The summed E-state index contributed by atoms with van der Waals surface area (Å²) in [6, 6.07) is 8.53. The summed E-state index contributed by atoms with van der Waals surface area (Å²) in [5, 5.41) is 5.78. The van der Waals surface area contributed by atoms with E-state index in [0.29, 0.717) is 17.3 Å². The lowest BCUT2D eigenvalue weighted by Crippen LogP contribution is -2.35. The number of benzene rings is 1. The van der Waals surface area contributed by atoms with Crippen molar-refractivity contribution in [1.29, 1.82) is 0 Å². The van der Waals surface area contributed by atoms with Crippen LogP contribution in [0.3, 0.4) is 0 Å². The number of sulfone groups is 1. The Morgan fingerprint density at radius 2 is 1.92 bits per heavy atom. The first-order valence-corrected chi connectivity index (χ1v) is 14.4. The highest BCUT2D eigenvalue weighted by molar-refractivity contribution is 7.92. The second kappa shape index (κ2) is 10.1. The average Bonchev–Trinajstić information content (AvgIpc) is 3.68. The molecule has 0 spiro atoms. The molecule has 2 aliphatic rings. The van der Waals surface area contributed by atoms with E-state index in [4.69, 9.17) is 11.6 Å². The normalized spacial score (nSPS) is 16.0. The maximum Gasteiger partial charge on any atom is 0.274 e. The van der Waals surface area contributed by atoms with Gasteiger partial charge >= 0.3 is 0 Å². The van der Waals surface area contributed by atoms with Crippen LogP contribution in [-0.2, 0) is 29.3 Å². The Labute approximate surface area is 221 Å². The van der Waals surface area contributed by atoms with Gasteiger partial charge in [0.25, 0.3) is 5.56 Å². The van der Waals surface area contributed by atoms with Crippen LogP contribution in [0.25, 0.3) is 0 Å². The highest BCUT2D eigenvalue weighted by Crippen LogP contribution is 2.33. The number of nitrogens with one attached hydrogen (secondary N) is 2. The van der Waals surface area contributed by atoms with Crippen molar-refractivity contribution in [2.45, 2.75) is 56.3 Å². The summed E-state index contributed by atoms with van der Waals surface area (Å²) in [6.07, 6.45) is 4.58. The third-order valence-electron chi connectivity index (χ3n) is 6.86. The minimum Gasteiger partial charge on any atom is -0.338 e. The molecule has 0 radical (unpaired) electrons. The van der Waals surface area contributed by atoms with E-state index in [9.17, 15) is 13.2 Å². The average molecular weight is 543 g/mol. The van der Waals surface area contributed by atoms with E-state index in [1.54, 1.807) is 38.1 Å². The fourth-order valence-electron chi connectivity index (χ4n) is 4.54. The van der Waals surface area contributed by atoms with Crippen LogP contribution in [0.2, 0.25) is 5.02 Å². The first-order valence-electron chi connectivity index (χ1n) is 12.5. The number of fused-ring (bicyclic) bond motifs is 1. The zero-order valence-electron chi connectivity index (χ0n) is 21.2. The molecule has 196 valence electrons. The van der Waals surface area contributed by atoms with Crippen molar-refractivity contribution >= 4 is 44.6 Å². The summed E-state index contributed by atoms with van der Waals surface area (Å²) < 4.78 is 27.7. The van der Waals surface area contributed by atoms with E-state index >= 15 is 0 Å². The van der Waals surface area contributed by atoms with Crippen LogP contribution < -0.4 is 16.2 Å². The highest BCUT2D eigenvalue weighted by atomic mass is 35.5. The number of pyridine rings is 1. The van der Waals surface area contributed by atoms with E-state index in [2.05, 4.69) is 32.5 Å². The number of nitrogens with zero attached hydrogens (tertiary/aromatic N) is 4. The number of likely N-dealkylation sites (N-methyl/N-ethyl adjacent to an activating group) is 1. The van der Waals surface area contributed by atoms with Gasteiger partial charge in [-0.05, 0) is 63.4 Å². The minimum absolute atomic E-state index is 0.0864. The predicted molar refractivity (Wildman–Crippen MR) is 146 cm³/mol. The Hall–Kier alpha value is -2.95. The summed E-state index contributed by atoms with van der Waals surface area (Å²) in [5.41, 5.74) is 2.92. The number of para-hydroxylation sites is 1. The molecule has 3 heterocycles. The van der Waals surface area contributed by atoms with Gasteiger partial charge in [-0.3, -0.25) is 4.79 Å². The molecule has 0 amide bonds. The van der Waals surface area contributed by atoms with Crippen molar-refractivity contribution < 1.29 is 8.42 Å². The Bertz CT molecular complexity index is 1500. The molecule has 1 saturated carbocycles. The van der Waals surface area contributed by atoms with Crippen LogP contribution in [0.5, 0.6) is 0 Å². The van der Waals surface area contributed by atoms with E-state index in [-0.39, 0.29) is 27.2 Å². The van der Waals surface area contributed by atoms with Crippen LogP contribution in [0.4, 0.5) is 23.1 Å². The molecule has 0 saturated heterocycles. The molecule has 1 aliphatic heterocycles. The molecule has 0 atom stereocenters. The van der Waals surface area contributed by atoms with Crippen molar-refractivity contribution in [2.75, 3.05) is 24.2 Å². The van der Waals surface area contributed by atoms with Gasteiger partial charge in [0.1, 0.15) is 10.7 Å². The number of aromatic nitrogens is 3. The molecular formula is C26H31ClN6O3S. The van der Waals surface area contributed by atoms with Gasteiger partial charge in [-0.15, -0.1) is 0 Å². The quantitative estimate of drug-likeness (QED) is 0.432. The van der Waals surface area contributed by atoms with Gasteiger partial charge < -0.3 is 20.1 Å². The van der Waals surface area contributed by atoms with Crippen molar-refractivity contribution in [3.63, 3.8) is 0 Å². The van der Waals surface area contributed by atoms with Gasteiger partial charge in [0, 0.05) is 31.7 Å². The van der Waals surface area contributed by atoms with Crippen molar-refractivity contribution in [3.05, 3.63) is 63.2 Å². The second-order valence-corrected chi connectivity index (χ2v) is 13.0. The van der Waals surface area contributed by atoms with E-state index < -0.39 is 15.1 Å². The molecule has 2 N–H and O–H groups in total. The van der Waals surface area contributed by atoms with Gasteiger partial charge in [-0.1, -0.05) is 23.7 Å². The fourth-order valence-corrected chi connectivity index (χ4v) is 5.88. The van der Waals surface area contributed by atoms with E-state index in [1.165, 1.54) is 6.20 Å². The number of hydrogen-bond acceptors (Lipinski definition) is 8. The topological polar surface area (TPSA) is 109 Å². The third kappa shape index (κ3) is 5.37. The zero-order valence-corrected chi connectivity index (χ0v) is 22.7. The summed E-state index contributed by atoms with van der Waals surface area (Å²) in [6.45, 7) is 5.70. The van der Waals surface area contributed by atoms with Gasteiger partial charge in [0.15, 0.2) is 15.7 Å². The predicted octanol–water partition coefficient (Wildman–Crippen LogP) is 4.36. The SMILES string of the molecule is CC(C)S(=O)(=O)c1ccccc1Nc1nc(Nc2cc3c(n(CC4CC4)c2=O)CCN(C)C3)ncc1Cl. The van der Waals surface area contributed by atoms with Crippen molar-refractivity contribution in [3.8, 4) is 0 Å². The van der Waals surface area contributed by atoms with Crippen LogP contribution in [0.15, 0.2) is 46.2 Å². The Morgan fingerprint density at radius 1 is 1.16 bits per heavy atom. The van der Waals surface area contributed by atoms with Crippen molar-refractivity contribution in [1.82, 2.24) is 19.4 Å². The Kier molecular flexibility index (Phi) is 6.99. The van der Waals surface area contributed by atoms with Crippen LogP contribution in [0.1, 0.15) is 37.9 Å². The molecule has 1 aromatic carbocycles. The maximum atomic E-state index is 13.5. The van der Waals surface area contributed by atoms with E-state index in [1.807, 2.05) is 10.6 Å². The first kappa shape index (κ1) is 25.7. The van der Waals surface area contributed by atoms with Gasteiger partial charge in [0.05, 0.1) is 22.0 Å². The zero-order chi connectivity index (χ0) is 26.3. The molecular weight excluding hydrogens is 512 g/mol.